The highest BCUT2D eigenvalue weighted by atomic mass is 32.2. The Kier molecular flexibility index (Phi) is 5.92. The van der Waals surface area contributed by atoms with Crippen molar-refractivity contribution >= 4 is 18.1 Å². The number of hydrogen-bond acceptors (Lipinski definition) is 4. The van der Waals surface area contributed by atoms with Crippen LogP contribution in [-0.2, 0) is 8.92 Å². The molecule has 4 nitrogen and oxygen atoms in total. The summed E-state index contributed by atoms with van der Waals surface area (Å²) in [7, 11) is 0. The number of benzene rings is 1. The van der Waals surface area contributed by atoms with E-state index in [0.29, 0.717) is 13.0 Å². The van der Waals surface area contributed by atoms with E-state index in [0.717, 1.165) is 4.90 Å². The molecule has 2 rings (SSSR count). The SMILES string of the molecule is Cc1ccc(SOC2CCN(C(=O)OC(C)(C)C)CC2F)cc1. The number of likely N-dealkylation sites (tertiary alicyclic amines) is 1. The second-order valence-corrected chi connectivity index (χ2v) is 7.59. The molecule has 1 aliphatic rings. The Morgan fingerprint density at radius 3 is 2.52 bits per heavy atom. The second-order valence-electron chi connectivity index (χ2n) is 6.76. The summed E-state index contributed by atoms with van der Waals surface area (Å²) in [6.07, 6.45) is -1.74. The molecule has 1 amide bonds. The molecular weight excluding hydrogens is 317 g/mol. The van der Waals surface area contributed by atoms with Gasteiger partial charge in [0.05, 0.1) is 6.54 Å². The van der Waals surface area contributed by atoms with Crippen molar-refractivity contribution in [2.75, 3.05) is 13.1 Å². The quantitative estimate of drug-likeness (QED) is 0.766. The van der Waals surface area contributed by atoms with Crippen LogP contribution in [0.5, 0.6) is 0 Å². The maximum absolute atomic E-state index is 14.3. The van der Waals surface area contributed by atoms with Gasteiger partial charge in [0.1, 0.15) is 17.9 Å². The molecule has 2 atom stereocenters. The van der Waals surface area contributed by atoms with Gasteiger partial charge in [0.25, 0.3) is 0 Å². The molecule has 0 aromatic heterocycles. The van der Waals surface area contributed by atoms with E-state index in [1.54, 1.807) is 20.8 Å². The third-order valence-corrected chi connectivity index (χ3v) is 4.23. The number of carbonyl (C=O) groups is 1. The number of amides is 1. The summed E-state index contributed by atoms with van der Waals surface area (Å²) in [6.45, 7) is 7.85. The molecule has 23 heavy (non-hydrogen) atoms. The topological polar surface area (TPSA) is 38.8 Å². The van der Waals surface area contributed by atoms with Gasteiger partial charge in [0, 0.05) is 23.5 Å². The summed E-state index contributed by atoms with van der Waals surface area (Å²) in [5.74, 6) is 0. The molecule has 2 unspecified atom stereocenters. The minimum atomic E-state index is -1.21. The van der Waals surface area contributed by atoms with E-state index < -0.39 is 24.0 Å². The van der Waals surface area contributed by atoms with Crippen LogP contribution in [0.3, 0.4) is 0 Å². The van der Waals surface area contributed by atoms with Gasteiger partial charge in [-0.25, -0.2) is 9.18 Å². The zero-order chi connectivity index (χ0) is 17.0. The van der Waals surface area contributed by atoms with Crippen LogP contribution in [0.15, 0.2) is 29.2 Å². The van der Waals surface area contributed by atoms with Gasteiger partial charge >= 0.3 is 6.09 Å². The number of rotatable bonds is 3. The maximum Gasteiger partial charge on any atom is 0.410 e. The fourth-order valence-electron chi connectivity index (χ4n) is 2.20. The summed E-state index contributed by atoms with van der Waals surface area (Å²) >= 11 is 1.18. The van der Waals surface area contributed by atoms with Crippen molar-refractivity contribution < 1.29 is 18.1 Å². The average molecular weight is 341 g/mol. The summed E-state index contributed by atoms with van der Waals surface area (Å²) in [6, 6.07) is 7.87. The molecule has 1 aromatic carbocycles. The molecule has 0 N–H and O–H groups in total. The van der Waals surface area contributed by atoms with Gasteiger partial charge in [-0.1, -0.05) is 17.7 Å². The first-order chi connectivity index (χ1) is 10.7. The van der Waals surface area contributed by atoms with Crippen LogP contribution in [0, 0.1) is 6.92 Å². The Morgan fingerprint density at radius 1 is 1.30 bits per heavy atom. The molecular formula is C17H24FNO3S. The summed E-state index contributed by atoms with van der Waals surface area (Å²) in [5.41, 5.74) is 0.598. The molecule has 128 valence electrons. The highest BCUT2D eigenvalue weighted by molar-refractivity contribution is 7.94. The molecule has 6 heteroatoms. The number of aryl methyl sites for hydroxylation is 1. The summed E-state index contributed by atoms with van der Waals surface area (Å²) < 4.78 is 25.2. The second kappa shape index (κ2) is 7.53. The van der Waals surface area contributed by atoms with E-state index in [2.05, 4.69) is 0 Å². The van der Waals surface area contributed by atoms with Gasteiger partial charge in [-0.3, -0.25) is 0 Å². The highest BCUT2D eigenvalue weighted by Gasteiger charge is 2.34. The molecule has 1 aromatic rings. The van der Waals surface area contributed by atoms with E-state index in [4.69, 9.17) is 8.92 Å². The van der Waals surface area contributed by atoms with E-state index in [-0.39, 0.29) is 6.54 Å². The summed E-state index contributed by atoms with van der Waals surface area (Å²) in [5, 5.41) is 0. The van der Waals surface area contributed by atoms with Crippen molar-refractivity contribution in [3.63, 3.8) is 0 Å². The number of nitrogens with zero attached hydrogens (tertiary/aromatic N) is 1. The van der Waals surface area contributed by atoms with Crippen molar-refractivity contribution in [3.05, 3.63) is 29.8 Å². The highest BCUT2D eigenvalue weighted by Crippen LogP contribution is 2.27. The van der Waals surface area contributed by atoms with Crippen molar-refractivity contribution in [1.82, 2.24) is 4.90 Å². The predicted octanol–water partition coefficient (Wildman–Crippen LogP) is 4.37. The van der Waals surface area contributed by atoms with Gasteiger partial charge in [0.15, 0.2) is 0 Å². The largest absolute Gasteiger partial charge is 0.444 e. The van der Waals surface area contributed by atoms with E-state index in [9.17, 15) is 9.18 Å². The summed E-state index contributed by atoms with van der Waals surface area (Å²) in [4.78, 5) is 14.3. The first kappa shape index (κ1) is 18.1. The van der Waals surface area contributed by atoms with Crippen LogP contribution in [0.25, 0.3) is 0 Å². The zero-order valence-corrected chi connectivity index (χ0v) is 14.9. The van der Waals surface area contributed by atoms with E-state index in [1.807, 2.05) is 31.2 Å². The minimum absolute atomic E-state index is 0.00797. The maximum atomic E-state index is 14.3. The molecule has 0 radical (unpaired) electrons. The third kappa shape index (κ3) is 5.70. The van der Waals surface area contributed by atoms with Crippen LogP contribution < -0.4 is 0 Å². The number of alkyl halides is 1. The van der Waals surface area contributed by atoms with Crippen LogP contribution >= 0.6 is 12.0 Å². The van der Waals surface area contributed by atoms with Crippen molar-refractivity contribution in [2.45, 2.75) is 56.9 Å². The fourth-order valence-corrected chi connectivity index (χ4v) is 2.89. The molecule has 0 aliphatic carbocycles. The van der Waals surface area contributed by atoms with Crippen LogP contribution in [0.4, 0.5) is 9.18 Å². The van der Waals surface area contributed by atoms with Gasteiger partial charge in [-0.05, 0) is 46.2 Å². The molecule has 0 saturated carbocycles. The van der Waals surface area contributed by atoms with Crippen molar-refractivity contribution in [1.29, 1.82) is 0 Å². The Morgan fingerprint density at radius 2 is 1.96 bits per heavy atom. The molecule has 0 bridgehead atoms. The lowest BCUT2D eigenvalue weighted by molar-refractivity contribution is -0.00641. The number of carbonyl (C=O) groups excluding carboxylic acids is 1. The normalized spacial score (nSPS) is 22.0. The monoisotopic (exact) mass is 341 g/mol. The van der Waals surface area contributed by atoms with Gasteiger partial charge in [-0.2, -0.15) is 0 Å². The molecule has 1 heterocycles. The Labute approximate surface area is 141 Å². The lowest BCUT2D eigenvalue weighted by Crippen LogP contribution is -2.49. The number of ether oxygens (including phenoxy) is 1. The molecule has 1 aliphatic heterocycles. The lowest BCUT2D eigenvalue weighted by atomic mass is 10.1. The third-order valence-electron chi connectivity index (χ3n) is 3.42. The Balaban J connectivity index is 1.82. The smallest absolute Gasteiger partial charge is 0.410 e. The van der Waals surface area contributed by atoms with E-state index in [1.165, 1.54) is 22.5 Å². The molecule has 1 saturated heterocycles. The average Bonchev–Trinajstić information content (AvgIpc) is 2.46. The van der Waals surface area contributed by atoms with Crippen molar-refractivity contribution in [3.8, 4) is 0 Å². The van der Waals surface area contributed by atoms with Gasteiger partial charge in [-0.15, -0.1) is 0 Å². The first-order valence-electron chi connectivity index (χ1n) is 7.76. The van der Waals surface area contributed by atoms with Gasteiger partial charge < -0.3 is 13.8 Å². The van der Waals surface area contributed by atoms with E-state index >= 15 is 0 Å². The zero-order valence-electron chi connectivity index (χ0n) is 14.0. The molecule has 0 spiro atoms. The van der Waals surface area contributed by atoms with Crippen LogP contribution in [0.2, 0.25) is 0 Å². The molecule has 1 fully saturated rings. The lowest BCUT2D eigenvalue weighted by Gasteiger charge is -2.35. The predicted molar refractivity (Wildman–Crippen MR) is 89.2 cm³/mol. The van der Waals surface area contributed by atoms with Gasteiger partial charge in [0.2, 0.25) is 0 Å². The van der Waals surface area contributed by atoms with Crippen LogP contribution in [-0.4, -0.2) is 42.0 Å². The van der Waals surface area contributed by atoms with Crippen molar-refractivity contribution in [2.24, 2.45) is 0 Å². The fraction of sp³-hybridized carbons (Fsp3) is 0.588. The van der Waals surface area contributed by atoms with Crippen LogP contribution in [0.1, 0.15) is 32.8 Å². The number of halogens is 1. The number of hydrogen-bond donors (Lipinski definition) is 0. The standard InChI is InChI=1S/C17H24FNO3S/c1-12-5-7-13(8-6-12)23-22-15-9-10-19(11-14(15)18)16(20)21-17(2,3)4/h5-8,14-15H,9-11H2,1-4H3. The minimum Gasteiger partial charge on any atom is -0.444 e. The number of piperidine rings is 1. The Bertz CT molecular complexity index is 530. The Hall–Kier alpha value is -1.27. The first-order valence-corrected chi connectivity index (χ1v) is 8.51.